The second-order valence-electron chi connectivity index (χ2n) is 1.64. The van der Waals surface area contributed by atoms with Gasteiger partial charge in [-0.2, -0.15) is 13.2 Å². The minimum Gasteiger partial charge on any atom is -0.171 e. The molecule has 0 aromatic heterocycles. The zero-order valence-corrected chi connectivity index (χ0v) is 8.30. The second kappa shape index (κ2) is 4.21. The van der Waals surface area contributed by atoms with Gasteiger partial charge < -0.3 is 0 Å². The van der Waals surface area contributed by atoms with Crippen LogP contribution in [-0.2, 0) is 0 Å². The Labute approximate surface area is 80.2 Å². The van der Waals surface area contributed by atoms with Gasteiger partial charge in [-0.1, -0.05) is 22.6 Å². The first-order valence-corrected chi connectivity index (χ1v) is 4.70. The van der Waals surface area contributed by atoms with E-state index in [9.17, 15) is 13.2 Å². The Kier molecular flexibility index (Phi) is 4.67. The van der Waals surface area contributed by atoms with Gasteiger partial charge in [0.25, 0.3) is 0 Å². The van der Waals surface area contributed by atoms with Gasteiger partial charge in [0.05, 0.1) is 5.92 Å². The van der Waals surface area contributed by atoms with Crippen LogP contribution in [0.15, 0.2) is 0 Å². The van der Waals surface area contributed by atoms with Crippen molar-refractivity contribution in [2.45, 2.75) is 11.0 Å². The lowest BCUT2D eigenvalue weighted by Gasteiger charge is -2.17. The van der Waals surface area contributed by atoms with Crippen molar-refractivity contribution in [3.63, 3.8) is 0 Å². The van der Waals surface area contributed by atoms with Crippen molar-refractivity contribution >= 4 is 45.8 Å². The zero-order chi connectivity index (χ0) is 8.36. The molecular weight excluding hydrogens is 303 g/mol. The molecule has 0 saturated heterocycles. The van der Waals surface area contributed by atoms with E-state index in [0.717, 1.165) is 0 Å². The summed E-state index contributed by atoms with van der Waals surface area (Å²) >= 11 is 11.7. The number of hydrogen-bond acceptors (Lipinski definition) is 0. The average molecular weight is 307 g/mol. The molecule has 1 unspecified atom stereocenters. The van der Waals surface area contributed by atoms with Crippen molar-refractivity contribution in [1.29, 1.82) is 0 Å². The Balaban J connectivity index is 4.07. The predicted octanol–water partition coefficient (Wildman–Crippen LogP) is 3.40. The molecule has 0 saturated carbocycles. The minimum absolute atomic E-state index is 0.112. The van der Waals surface area contributed by atoms with Gasteiger partial charge >= 0.3 is 6.18 Å². The van der Waals surface area contributed by atoms with E-state index in [1.165, 1.54) is 0 Å². The summed E-state index contributed by atoms with van der Waals surface area (Å²) in [5.41, 5.74) is 0. The lowest BCUT2D eigenvalue weighted by Crippen LogP contribution is -2.29. The summed E-state index contributed by atoms with van der Waals surface area (Å²) in [5, 5.41) is 0. The summed E-state index contributed by atoms with van der Waals surface area (Å²) in [4.78, 5) is -1.36. The molecule has 10 heavy (non-hydrogen) atoms. The first-order chi connectivity index (χ1) is 4.39. The highest BCUT2D eigenvalue weighted by molar-refractivity contribution is 14.1. The summed E-state index contributed by atoms with van der Waals surface area (Å²) in [6.07, 6.45) is -4.28. The highest BCUT2D eigenvalue weighted by Gasteiger charge is 2.42. The number of hydrogen-bond donors (Lipinski definition) is 0. The van der Waals surface area contributed by atoms with Gasteiger partial charge in [-0.05, 0) is 0 Å². The van der Waals surface area contributed by atoms with Gasteiger partial charge in [-0.25, -0.2) is 0 Å². The van der Waals surface area contributed by atoms with E-state index < -0.39 is 16.9 Å². The van der Waals surface area contributed by atoms with Crippen molar-refractivity contribution < 1.29 is 13.2 Å². The predicted molar refractivity (Wildman–Crippen MR) is 43.9 cm³/mol. The van der Waals surface area contributed by atoms with E-state index in [4.69, 9.17) is 23.2 Å². The van der Waals surface area contributed by atoms with Crippen LogP contribution >= 0.6 is 45.8 Å². The lowest BCUT2D eigenvalue weighted by atomic mass is 10.2. The van der Waals surface area contributed by atoms with Crippen molar-refractivity contribution in [2.24, 2.45) is 5.92 Å². The monoisotopic (exact) mass is 306 g/mol. The Morgan fingerprint density at radius 2 is 1.70 bits per heavy atom. The maximum Gasteiger partial charge on any atom is 0.395 e. The van der Waals surface area contributed by atoms with E-state index in [1.54, 1.807) is 22.6 Å². The van der Waals surface area contributed by atoms with Crippen LogP contribution in [-0.4, -0.2) is 15.4 Å². The second-order valence-corrected chi connectivity index (χ2v) is 3.68. The molecule has 0 aliphatic carbocycles. The van der Waals surface area contributed by atoms with Crippen LogP contribution in [0.4, 0.5) is 13.2 Å². The number of alkyl halides is 6. The molecule has 6 heteroatoms. The third kappa shape index (κ3) is 3.48. The number of rotatable bonds is 2. The van der Waals surface area contributed by atoms with Crippen molar-refractivity contribution in [3.05, 3.63) is 0 Å². The molecule has 1 atom stereocenters. The standard InChI is InChI=1S/C4H4Cl2F3I/c5-3(6)2(1-10)4(7,8)9/h2-3H,1H2. The summed E-state index contributed by atoms with van der Waals surface area (Å²) in [5.74, 6) is -1.61. The van der Waals surface area contributed by atoms with E-state index in [1.807, 2.05) is 0 Å². The van der Waals surface area contributed by atoms with Crippen molar-refractivity contribution in [3.8, 4) is 0 Å². The molecule has 62 valence electrons. The molecule has 0 spiro atoms. The van der Waals surface area contributed by atoms with Gasteiger partial charge in [0.1, 0.15) is 4.84 Å². The molecular formula is C4H4Cl2F3I. The quantitative estimate of drug-likeness (QED) is 0.542. The van der Waals surface area contributed by atoms with Gasteiger partial charge in [0.15, 0.2) is 0 Å². The fraction of sp³-hybridized carbons (Fsp3) is 1.00. The minimum atomic E-state index is -4.28. The smallest absolute Gasteiger partial charge is 0.171 e. The van der Waals surface area contributed by atoms with E-state index in [0.29, 0.717) is 0 Å². The first-order valence-electron chi connectivity index (χ1n) is 2.30. The summed E-state index contributed by atoms with van der Waals surface area (Å²) < 4.78 is 35.3. The van der Waals surface area contributed by atoms with Crippen LogP contribution in [0.1, 0.15) is 0 Å². The Morgan fingerprint density at radius 1 is 1.30 bits per heavy atom. The van der Waals surface area contributed by atoms with E-state index in [2.05, 4.69) is 0 Å². The third-order valence-electron chi connectivity index (χ3n) is 0.891. The van der Waals surface area contributed by atoms with Crippen LogP contribution in [0.3, 0.4) is 0 Å². The molecule has 0 bridgehead atoms. The maximum absolute atomic E-state index is 11.8. The lowest BCUT2D eigenvalue weighted by molar-refractivity contribution is -0.163. The molecule has 0 heterocycles. The highest BCUT2D eigenvalue weighted by Crippen LogP contribution is 2.34. The van der Waals surface area contributed by atoms with Crippen LogP contribution < -0.4 is 0 Å². The Morgan fingerprint density at radius 3 is 1.70 bits per heavy atom. The molecule has 0 aliphatic rings. The topological polar surface area (TPSA) is 0 Å². The van der Waals surface area contributed by atoms with Gasteiger partial charge in [0, 0.05) is 4.43 Å². The molecule has 0 aliphatic heterocycles. The zero-order valence-electron chi connectivity index (χ0n) is 4.63. The SMILES string of the molecule is FC(F)(F)C(CI)C(Cl)Cl. The Bertz CT molecular complexity index is 103. The first kappa shape index (κ1) is 11.1. The normalized spacial score (nSPS) is 15.9. The molecule has 0 aromatic rings. The highest BCUT2D eigenvalue weighted by atomic mass is 127. The number of halogens is 6. The summed E-state index contributed by atoms with van der Waals surface area (Å²) in [6, 6.07) is 0. The van der Waals surface area contributed by atoms with E-state index in [-0.39, 0.29) is 4.43 Å². The summed E-state index contributed by atoms with van der Waals surface area (Å²) in [7, 11) is 0. The van der Waals surface area contributed by atoms with Gasteiger partial charge in [-0.3, -0.25) is 0 Å². The molecule has 0 nitrogen and oxygen atoms in total. The molecule has 0 rings (SSSR count). The van der Waals surface area contributed by atoms with Gasteiger partial charge in [0.2, 0.25) is 0 Å². The Hall–Kier alpha value is 1.10. The van der Waals surface area contributed by atoms with Crippen LogP contribution in [0, 0.1) is 5.92 Å². The fourth-order valence-electron chi connectivity index (χ4n) is 0.298. The average Bonchev–Trinajstić information content (AvgIpc) is 1.60. The molecule has 0 fully saturated rings. The molecule has 0 aromatic carbocycles. The maximum atomic E-state index is 11.8. The van der Waals surface area contributed by atoms with E-state index >= 15 is 0 Å². The summed E-state index contributed by atoms with van der Waals surface area (Å²) in [6.45, 7) is 0. The molecule has 0 amide bonds. The third-order valence-corrected chi connectivity index (χ3v) is 2.45. The van der Waals surface area contributed by atoms with Gasteiger partial charge in [-0.15, -0.1) is 23.2 Å². The fourth-order valence-corrected chi connectivity index (χ4v) is 2.37. The van der Waals surface area contributed by atoms with Crippen LogP contribution in [0.5, 0.6) is 0 Å². The van der Waals surface area contributed by atoms with Crippen molar-refractivity contribution in [2.75, 3.05) is 4.43 Å². The van der Waals surface area contributed by atoms with Crippen LogP contribution in [0.25, 0.3) is 0 Å². The van der Waals surface area contributed by atoms with Crippen molar-refractivity contribution in [1.82, 2.24) is 0 Å². The largest absolute Gasteiger partial charge is 0.395 e. The van der Waals surface area contributed by atoms with Crippen LogP contribution in [0.2, 0.25) is 0 Å². The molecule has 0 N–H and O–H groups in total. The molecule has 0 radical (unpaired) electrons.